The first-order valence-corrected chi connectivity index (χ1v) is 6.41. The van der Waals surface area contributed by atoms with E-state index < -0.39 is 0 Å². The van der Waals surface area contributed by atoms with Gasteiger partial charge in [0.1, 0.15) is 5.15 Å². The lowest BCUT2D eigenvalue weighted by Crippen LogP contribution is -2.25. The fourth-order valence-corrected chi connectivity index (χ4v) is 2.38. The molecule has 2 nitrogen and oxygen atoms in total. The molecule has 16 heavy (non-hydrogen) atoms. The molecule has 0 saturated heterocycles. The number of halogens is 1. The fourth-order valence-electron chi connectivity index (χ4n) is 2.28. The summed E-state index contributed by atoms with van der Waals surface area (Å²) in [6, 6.07) is 2.69. The molecule has 0 aliphatic heterocycles. The summed E-state index contributed by atoms with van der Waals surface area (Å²) in [6.45, 7) is 4.33. The molecule has 1 aromatic heterocycles. The van der Waals surface area contributed by atoms with E-state index in [1.54, 1.807) is 0 Å². The van der Waals surface area contributed by atoms with Crippen LogP contribution in [-0.2, 0) is 0 Å². The summed E-state index contributed by atoms with van der Waals surface area (Å²) in [5, 5.41) is 4.15. The van der Waals surface area contributed by atoms with E-state index in [0.29, 0.717) is 11.2 Å². The minimum absolute atomic E-state index is 0.600. The molecule has 0 unspecified atom stereocenters. The van der Waals surface area contributed by atoms with Gasteiger partial charge in [-0.05, 0) is 50.2 Å². The molecule has 0 amide bonds. The molecule has 1 aliphatic carbocycles. The van der Waals surface area contributed by atoms with Gasteiger partial charge in [-0.3, -0.25) is 0 Å². The molecule has 0 spiro atoms. The highest BCUT2D eigenvalue weighted by molar-refractivity contribution is 6.30. The molecule has 1 N–H and O–H groups in total. The zero-order valence-electron chi connectivity index (χ0n) is 9.96. The second kappa shape index (κ2) is 5.05. The molecule has 1 aromatic rings. The number of nitrogens with one attached hydrogen (secondary N) is 1. The van der Waals surface area contributed by atoms with Crippen LogP contribution in [0.5, 0.6) is 0 Å². The first kappa shape index (κ1) is 11.7. The molecule has 2 rings (SSSR count). The Hall–Kier alpha value is -0.760. The predicted octanol–water partition coefficient (Wildman–Crippen LogP) is 4.03. The third-order valence-corrected chi connectivity index (χ3v) is 3.80. The molecular weight excluding hydrogens is 220 g/mol. The van der Waals surface area contributed by atoms with Crippen LogP contribution in [0.4, 0.5) is 5.69 Å². The molecule has 1 heterocycles. The Bertz CT molecular complexity index is 357. The molecule has 0 aromatic carbocycles. The maximum absolute atomic E-state index is 5.90. The first-order chi connectivity index (χ1) is 7.65. The number of hydrogen-bond donors (Lipinski definition) is 1. The summed E-state index contributed by atoms with van der Waals surface area (Å²) >= 11 is 5.90. The Morgan fingerprint density at radius 2 is 2.00 bits per heavy atom. The number of rotatable bonds is 2. The van der Waals surface area contributed by atoms with Gasteiger partial charge >= 0.3 is 0 Å². The summed E-state index contributed by atoms with van der Waals surface area (Å²) in [5.41, 5.74) is 2.14. The van der Waals surface area contributed by atoms with Gasteiger partial charge in [-0.1, -0.05) is 18.5 Å². The van der Waals surface area contributed by atoms with Crippen LogP contribution in [0.25, 0.3) is 0 Å². The quantitative estimate of drug-likeness (QED) is 0.787. The molecule has 88 valence electrons. The molecule has 0 bridgehead atoms. The summed E-state index contributed by atoms with van der Waals surface area (Å²) in [4.78, 5) is 4.16. The second-order valence-corrected chi connectivity index (χ2v) is 5.29. The number of nitrogens with zero attached hydrogens (tertiary/aromatic N) is 1. The van der Waals surface area contributed by atoms with Crippen molar-refractivity contribution in [3.8, 4) is 0 Å². The highest BCUT2D eigenvalue weighted by atomic mass is 35.5. The smallest absolute Gasteiger partial charge is 0.132 e. The molecule has 1 fully saturated rings. The van der Waals surface area contributed by atoms with E-state index in [1.807, 2.05) is 13.1 Å². The van der Waals surface area contributed by atoms with Crippen LogP contribution < -0.4 is 5.32 Å². The van der Waals surface area contributed by atoms with Crippen molar-refractivity contribution in [1.82, 2.24) is 4.98 Å². The Balaban J connectivity index is 1.96. The molecule has 3 heteroatoms. The lowest BCUT2D eigenvalue weighted by atomic mass is 9.87. The maximum atomic E-state index is 5.90. The van der Waals surface area contributed by atoms with Crippen LogP contribution in [0, 0.1) is 12.8 Å². The number of pyridine rings is 1. The number of aromatic nitrogens is 1. The van der Waals surface area contributed by atoms with E-state index in [0.717, 1.165) is 17.2 Å². The van der Waals surface area contributed by atoms with Crippen LogP contribution in [0.15, 0.2) is 12.3 Å². The van der Waals surface area contributed by atoms with E-state index in [4.69, 9.17) is 11.6 Å². The number of hydrogen-bond acceptors (Lipinski definition) is 2. The highest BCUT2D eigenvalue weighted by Gasteiger charge is 2.17. The van der Waals surface area contributed by atoms with Crippen LogP contribution in [0.2, 0.25) is 5.15 Å². The van der Waals surface area contributed by atoms with Crippen LogP contribution in [0.3, 0.4) is 0 Å². The zero-order valence-corrected chi connectivity index (χ0v) is 10.7. The number of anilines is 1. The van der Waals surface area contributed by atoms with Gasteiger partial charge in [0.15, 0.2) is 0 Å². The van der Waals surface area contributed by atoms with Crippen molar-refractivity contribution in [2.75, 3.05) is 5.32 Å². The van der Waals surface area contributed by atoms with Crippen molar-refractivity contribution in [3.05, 3.63) is 23.0 Å². The zero-order chi connectivity index (χ0) is 11.5. The van der Waals surface area contributed by atoms with E-state index in [2.05, 4.69) is 23.3 Å². The Kier molecular flexibility index (Phi) is 3.70. The normalized spacial score (nSPS) is 25.4. The summed E-state index contributed by atoms with van der Waals surface area (Å²) < 4.78 is 0. The topological polar surface area (TPSA) is 24.9 Å². The molecule has 0 atom stereocenters. The van der Waals surface area contributed by atoms with Gasteiger partial charge in [0.25, 0.3) is 0 Å². The molecule has 1 aliphatic rings. The largest absolute Gasteiger partial charge is 0.381 e. The maximum Gasteiger partial charge on any atom is 0.132 e. The van der Waals surface area contributed by atoms with Crippen LogP contribution >= 0.6 is 11.6 Å². The van der Waals surface area contributed by atoms with Gasteiger partial charge in [-0.25, -0.2) is 4.98 Å². The van der Waals surface area contributed by atoms with Gasteiger partial charge in [0.05, 0.1) is 11.9 Å². The lowest BCUT2D eigenvalue weighted by molar-refractivity contribution is 0.361. The second-order valence-electron chi connectivity index (χ2n) is 4.93. The summed E-state index contributed by atoms with van der Waals surface area (Å²) in [7, 11) is 0. The SMILES string of the molecule is Cc1cc(NC2CCC(C)CC2)cnc1Cl. The van der Waals surface area contributed by atoms with E-state index in [1.165, 1.54) is 25.7 Å². The van der Waals surface area contributed by atoms with Crippen molar-refractivity contribution in [2.24, 2.45) is 5.92 Å². The minimum atomic E-state index is 0.600. The third kappa shape index (κ3) is 2.88. The standard InChI is InChI=1S/C13H19ClN2/c1-9-3-5-11(6-4-9)16-12-7-10(2)13(14)15-8-12/h7-9,11,16H,3-6H2,1-2H3. The van der Waals surface area contributed by atoms with Gasteiger partial charge in [0.2, 0.25) is 0 Å². The van der Waals surface area contributed by atoms with Crippen LogP contribution in [-0.4, -0.2) is 11.0 Å². The first-order valence-electron chi connectivity index (χ1n) is 6.04. The molecule has 1 saturated carbocycles. The Morgan fingerprint density at radius 3 is 2.62 bits per heavy atom. The minimum Gasteiger partial charge on any atom is -0.381 e. The average Bonchev–Trinajstić information content (AvgIpc) is 2.27. The average molecular weight is 239 g/mol. The van der Waals surface area contributed by atoms with Crippen molar-refractivity contribution in [3.63, 3.8) is 0 Å². The summed E-state index contributed by atoms with van der Waals surface area (Å²) in [6.07, 6.45) is 7.02. The van der Waals surface area contributed by atoms with E-state index >= 15 is 0 Å². The van der Waals surface area contributed by atoms with E-state index in [9.17, 15) is 0 Å². The third-order valence-electron chi connectivity index (χ3n) is 3.40. The fraction of sp³-hybridized carbons (Fsp3) is 0.615. The van der Waals surface area contributed by atoms with Gasteiger partial charge in [-0.2, -0.15) is 0 Å². The van der Waals surface area contributed by atoms with Crippen molar-refractivity contribution >= 4 is 17.3 Å². The van der Waals surface area contributed by atoms with Crippen molar-refractivity contribution in [2.45, 2.75) is 45.6 Å². The van der Waals surface area contributed by atoms with E-state index in [-0.39, 0.29) is 0 Å². The Labute approximate surface area is 102 Å². The van der Waals surface area contributed by atoms with Gasteiger partial charge < -0.3 is 5.32 Å². The van der Waals surface area contributed by atoms with Gasteiger partial charge in [-0.15, -0.1) is 0 Å². The number of aryl methyl sites for hydroxylation is 1. The monoisotopic (exact) mass is 238 g/mol. The Morgan fingerprint density at radius 1 is 1.31 bits per heavy atom. The van der Waals surface area contributed by atoms with Crippen LogP contribution in [0.1, 0.15) is 38.2 Å². The summed E-state index contributed by atoms with van der Waals surface area (Å²) in [5.74, 6) is 0.892. The van der Waals surface area contributed by atoms with Gasteiger partial charge in [0, 0.05) is 6.04 Å². The van der Waals surface area contributed by atoms with Crippen molar-refractivity contribution in [1.29, 1.82) is 0 Å². The molecular formula is C13H19ClN2. The highest BCUT2D eigenvalue weighted by Crippen LogP contribution is 2.26. The van der Waals surface area contributed by atoms with Crippen molar-refractivity contribution < 1.29 is 0 Å². The predicted molar refractivity (Wildman–Crippen MR) is 69.0 cm³/mol. The lowest BCUT2D eigenvalue weighted by Gasteiger charge is -2.27. The molecule has 0 radical (unpaired) electrons.